The number of hydrogen-bond donors (Lipinski definition) is 1. The van der Waals surface area contributed by atoms with Gasteiger partial charge in [0.25, 0.3) is 0 Å². The molecule has 1 aromatic carbocycles. The fraction of sp³-hybridized carbons (Fsp3) is 0.417. The molecule has 0 fully saturated rings. The maximum absolute atomic E-state index is 11.8. The average Bonchev–Trinajstić information content (AvgIpc) is 2.28. The Labute approximate surface area is 95.2 Å². The number of anilines is 2. The molecule has 1 aliphatic heterocycles. The van der Waals surface area contributed by atoms with Crippen molar-refractivity contribution in [1.29, 1.82) is 0 Å². The molecule has 1 N–H and O–H groups in total. The zero-order chi connectivity index (χ0) is 11.7. The van der Waals surface area contributed by atoms with Crippen LogP contribution in [-0.4, -0.2) is 26.1 Å². The Morgan fingerprint density at radius 3 is 2.88 bits per heavy atom. The van der Waals surface area contributed by atoms with Crippen LogP contribution in [0.1, 0.15) is 13.3 Å². The van der Waals surface area contributed by atoms with Gasteiger partial charge in [0.1, 0.15) is 11.8 Å². The van der Waals surface area contributed by atoms with Gasteiger partial charge >= 0.3 is 0 Å². The normalized spacial score (nSPS) is 19.1. The Morgan fingerprint density at radius 1 is 1.50 bits per heavy atom. The quantitative estimate of drug-likeness (QED) is 0.827. The second-order valence-corrected chi connectivity index (χ2v) is 3.91. The Bertz CT molecular complexity index is 417. The number of nitrogens with zero attached hydrogens (tertiary/aromatic N) is 1. The number of ether oxygens (including phenoxy) is 1. The van der Waals surface area contributed by atoms with E-state index in [1.807, 2.05) is 37.1 Å². The number of likely N-dealkylation sites (N-methyl/N-ethyl adjacent to an activating group) is 1. The van der Waals surface area contributed by atoms with Crippen LogP contribution >= 0.6 is 0 Å². The van der Waals surface area contributed by atoms with Crippen LogP contribution in [0.3, 0.4) is 0 Å². The molecule has 0 bridgehead atoms. The topological polar surface area (TPSA) is 41.6 Å². The number of carbonyl (C=O) groups is 1. The molecule has 4 heteroatoms. The predicted octanol–water partition coefficient (Wildman–Crippen LogP) is 1.86. The lowest BCUT2D eigenvalue weighted by Gasteiger charge is -2.34. The molecule has 1 aromatic rings. The van der Waals surface area contributed by atoms with Gasteiger partial charge in [0, 0.05) is 13.1 Å². The van der Waals surface area contributed by atoms with Gasteiger partial charge in [0.2, 0.25) is 5.91 Å². The Hall–Kier alpha value is -1.71. The molecule has 0 radical (unpaired) electrons. The summed E-state index contributed by atoms with van der Waals surface area (Å²) >= 11 is 0. The van der Waals surface area contributed by atoms with Crippen molar-refractivity contribution in [3.63, 3.8) is 0 Å². The highest BCUT2D eigenvalue weighted by molar-refractivity contribution is 6.03. The minimum Gasteiger partial charge on any atom is -0.497 e. The summed E-state index contributed by atoms with van der Waals surface area (Å²) in [5, 5.41) is 2.91. The SMILES string of the molecule is CCC1C(=O)Nc2cc(OC)ccc2N1C. The average molecular weight is 220 g/mol. The van der Waals surface area contributed by atoms with E-state index in [0.717, 1.165) is 23.5 Å². The van der Waals surface area contributed by atoms with E-state index in [1.165, 1.54) is 0 Å². The van der Waals surface area contributed by atoms with E-state index >= 15 is 0 Å². The zero-order valence-corrected chi connectivity index (χ0v) is 9.78. The largest absolute Gasteiger partial charge is 0.497 e. The first-order chi connectivity index (χ1) is 7.67. The molecule has 0 saturated heterocycles. The molecule has 4 nitrogen and oxygen atoms in total. The number of rotatable bonds is 2. The number of methoxy groups -OCH3 is 1. The molecule has 0 aromatic heterocycles. The monoisotopic (exact) mass is 220 g/mol. The highest BCUT2D eigenvalue weighted by Gasteiger charge is 2.28. The van der Waals surface area contributed by atoms with Crippen LogP contribution in [0.2, 0.25) is 0 Å². The first-order valence-electron chi connectivity index (χ1n) is 5.39. The first kappa shape index (κ1) is 10.8. The van der Waals surface area contributed by atoms with Crippen molar-refractivity contribution in [2.24, 2.45) is 0 Å². The van der Waals surface area contributed by atoms with Crippen LogP contribution in [0.5, 0.6) is 5.75 Å². The van der Waals surface area contributed by atoms with Crippen molar-refractivity contribution in [3.8, 4) is 5.75 Å². The lowest BCUT2D eigenvalue weighted by Crippen LogP contribution is -2.45. The van der Waals surface area contributed by atoms with Crippen LogP contribution < -0.4 is 15.0 Å². The van der Waals surface area contributed by atoms with Crippen molar-refractivity contribution < 1.29 is 9.53 Å². The summed E-state index contributed by atoms with van der Waals surface area (Å²) in [6.45, 7) is 2.01. The van der Waals surface area contributed by atoms with Gasteiger partial charge in [0.15, 0.2) is 0 Å². The van der Waals surface area contributed by atoms with Gasteiger partial charge in [-0.25, -0.2) is 0 Å². The number of hydrogen-bond acceptors (Lipinski definition) is 3. The van der Waals surface area contributed by atoms with E-state index < -0.39 is 0 Å². The van der Waals surface area contributed by atoms with E-state index in [4.69, 9.17) is 4.74 Å². The first-order valence-corrected chi connectivity index (χ1v) is 5.39. The van der Waals surface area contributed by atoms with Gasteiger partial charge in [-0.3, -0.25) is 4.79 Å². The van der Waals surface area contributed by atoms with Gasteiger partial charge in [-0.15, -0.1) is 0 Å². The summed E-state index contributed by atoms with van der Waals surface area (Å²) in [5.74, 6) is 0.799. The lowest BCUT2D eigenvalue weighted by atomic mass is 10.1. The summed E-state index contributed by atoms with van der Waals surface area (Å²) in [7, 11) is 3.56. The Kier molecular flexibility index (Phi) is 2.73. The highest BCUT2D eigenvalue weighted by Crippen LogP contribution is 2.34. The van der Waals surface area contributed by atoms with Crippen LogP contribution in [0.25, 0.3) is 0 Å². The third kappa shape index (κ3) is 1.60. The minimum atomic E-state index is -0.0825. The Morgan fingerprint density at radius 2 is 2.25 bits per heavy atom. The van der Waals surface area contributed by atoms with E-state index in [0.29, 0.717) is 0 Å². The Balaban J connectivity index is 2.42. The number of nitrogens with one attached hydrogen (secondary N) is 1. The maximum atomic E-state index is 11.8. The number of amides is 1. The molecule has 0 spiro atoms. The molecule has 1 heterocycles. The molecular weight excluding hydrogens is 204 g/mol. The molecule has 1 aliphatic rings. The van der Waals surface area contributed by atoms with Crippen molar-refractivity contribution in [2.45, 2.75) is 19.4 Å². The van der Waals surface area contributed by atoms with Crippen LogP contribution in [0, 0.1) is 0 Å². The van der Waals surface area contributed by atoms with E-state index in [1.54, 1.807) is 7.11 Å². The van der Waals surface area contributed by atoms with Crippen molar-refractivity contribution in [1.82, 2.24) is 0 Å². The van der Waals surface area contributed by atoms with Gasteiger partial charge in [-0.2, -0.15) is 0 Å². The zero-order valence-electron chi connectivity index (χ0n) is 9.78. The second kappa shape index (κ2) is 4.04. The molecule has 1 unspecified atom stereocenters. The van der Waals surface area contributed by atoms with Crippen molar-refractivity contribution in [2.75, 3.05) is 24.4 Å². The summed E-state index contributed by atoms with van der Waals surface area (Å²) in [6.07, 6.45) is 0.799. The van der Waals surface area contributed by atoms with E-state index in [2.05, 4.69) is 5.32 Å². The molecule has 16 heavy (non-hydrogen) atoms. The van der Waals surface area contributed by atoms with Crippen LogP contribution in [-0.2, 0) is 4.79 Å². The van der Waals surface area contributed by atoms with Gasteiger partial charge in [0.05, 0.1) is 18.5 Å². The smallest absolute Gasteiger partial charge is 0.247 e. The summed E-state index contributed by atoms with van der Waals surface area (Å²) < 4.78 is 5.13. The summed E-state index contributed by atoms with van der Waals surface area (Å²) in [6, 6.07) is 5.63. The standard InChI is InChI=1S/C12H16N2O2/c1-4-10-12(15)13-9-7-8(16-3)5-6-11(9)14(10)2/h5-7,10H,4H2,1-3H3,(H,13,15). The van der Waals surface area contributed by atoms with Crippen molar-refractivity contribution in [3.05, 3.63) is 18.2 Å². The molecule has 2 rings (SSSR count). The molecule has 1 atom stereocenters. The van der Waals surface area contributed by atoms with Crippen LogP contribution in [0.15, 0.2) is 18.2 Å². The third-order valence-corrected chi connectivity index (χ3v) is 3.00. The van der Waals surface area contributed by atoms with Gasteiger partial charge in [-0.1, -0.05) is 6.92 Å². The van der Waals surface area contributed by atoms with Gasteiger partial charge in [-0.05, 0) is 18.6 Å². The molecule has 86 valence electrons. The summed E-state index contributed by atoms with van der Waals surface area (Å²) in [5.41, 5.74) is 1.85. The number of carbonyl (C=O) groups excluding carboxylic acids is 1. The number of fused-ring (bicyclic) bond motifs is 1. The third-order valence-electron chi connectivity index (χ3n) is 3.00. The number of benzene rings is 1. The maximum Gasteiger partial charge on any atom is 0.247 e. The molecule has 0 saturated carbocycles. The second-order valence-electron chi connectivity index (χ2n) is 3.91. The molecule has 1 amide bonds. The predicted molar refractivity (Wildman–Crippen MR) is 64.1 cm³/mol. The molecule has 0 aliphatic carbocycles. The minimum absolute atomic E-state index is 0.0470. The van der Waals surface area contributed by atoms with Crippen molar-refractivity contribution >= 4 is 17.3 Å². The highest BCUT2D eigenvalue weighted by atomic mass is 16.5. The van der Waals surface area contributed by atoms with Gasteiger partial charge < -0.3 is 15.0 Å². The lowest BCUT2D eigenvalue weighted by molar-refractivity contribution is -0.117. The fourth-order valence-electron chi connectivity index (χ4n) is 2.07. The molecular formula is C12H16N2O2. The van der Waals surface area contributed by atoms with E-state index in [-0.39, 0.29) is 11.9 Å². The van der Waals surface area contributed by atoms with Crippen LogP contribution in [0.4, 0.5) is 11.4 Å². The summed E-state index contributed by atoms with van der Waals surface area (Å²) in [4.78, 5) is 13.8. The van der Waals surface area contributed by atoms with E-state index in [9.17, 15) is 4.79 Å². The fourth-order valence-corrected chi connectivity index (χ4v) is 2.07.